The molecule has 0 unspecified atom stereocenters. The highest BCUT2D eigenvalue weighted by atomic mass is 16.2. The fourth-order valence-electron chi connectivity index (χ4n) is 5.10. The van der Waals surface area contributed by atoms with E-state index in [2.05, 4.69) is 46.7 Å². The molecule has 1 aliphatic rings. The molecule has 0 radical (unpaired) electrons. The van der Waals surface area contributed by atoms with Gasteiger partial charge in [-0.3, -0.25) is 14.6 Å². The minimum Gasteiger partial charge on any atom is -0.322 e. The second kappa shape index (κ2) is 10.8. The second-order valence-corrected chi connectivity index (χ2v) is 9.58. The Morgan fingerprint density at radius 2 is 1.46 bits per heavy atom. The Morgan fingerprint density at radius 1 is 0.744 bits per heavy atom. The summed E-state index contributed by atoms with van der Waals surface area (Å²) in [5, 5.41) is 3.07. The van der Waals surface area contributed by atoms with Gasteiger partial charge in [0.2, 0.25) is 5.91 Å². The molecule has 0 saturated carbocycles. The van der Waals surface area contributed by atoms with Crippen molar-refractivity contribution in [2.45, 2.75) is 12.8 Å². The molecule has 2 amide bonds. The Balaban J connectivity index is 1.18. The molecule has 5 heteroatoms. The summed E-state index contributed by atoms with van der Waals surface area (Å²) < 4.78 is 0. The summed E-state index contributed by atoms with van der Waals surface area (Å²) >= 11 is 0. The van der Waals surface area contributed by atoms with Crippen LogP contribution in [0.25, 0.3) is 22.3 Å². The van der Waals surface area contributed by atoms with E-state index in [1.54, 1.807) is 6.20 Å². The van der Waals surface area contributed by atoms with Gasteiger partial charge in [0.05, 0.1) is 6.42 Å². The topological polar surface area (TPSA) is 62.3 Å². The van der Waals surface area contributed by atoms with Gasteiger partial charge in [-0.25, -0.2) is 0 Å². The summed E-state index contributed by atoms with van der Waals surface area (Å²) in [5.41, 5.74) is 8.17. The van der Waals surface area contributed by atoms with Gasteiger partial charge >= 0.3 is 0 Å². The third-order valence-corrected chi connectivity index (χ3v) is 7.07. The maximum atomic E-state index is 13.4. The number of anilines is 2. The number of aromatic nitrogens is 1. The van der Waals surface area contributed by atoms with Crippen molar-refractivity contribution in [2.24, 2.45) is 0 Å². The van der Waals surface area contributed by atoms with E-state index >= 15 is 0 Å². The average Bonchev–Trinajstić information content (AvgIpc) is 3.42. The fraction of sp³-hybridized carbons (Fsp3) is 0.0882. The monoisotopic (exact) mass is 509 g/mol. The van der Waals surface area contributed by atoms with Gasteiger partial charge in [0.1, 0.15) is 0 Å². The lowest BCUT2D eigenvalue weighted by molar-refractivity contribution is -0.117. The number of amides is 2. The van der Waals surface area contributed by atoms with Crippen molar-refractivity contribution < 1.29 is 9.59 Å². The molecule has 0 fully saturated rings. The number of rotatable bonds is 6. The highest BCUT2D eigenvalue weighted by Gasteiger charge is 2.25. The smallest absolute Gasteiger partial charge is 0.256 e. The molecule has 0 atom stereocenters. The summed E-state index contributed by atoms with van der Waals surface area (Å²) in [7, 11) is 0. The lowest BCUT2D eigenvalue weighted by atomic mass is 9.96. The summed E-state index contributed by atoms with van der Waals surface area (Å²) in [6.45, 7) is 0.625. The van der Waals surface area contributed by atoms with Crippen LogP contribution in [-0.4, -0.2) is 23.3 Å². The van der Waals surface area contributed by atoms with E-state index in [0.29, 0.717) is 17.8 Å². The van der Waals surface area contributed by atoms with E-state index in [0.717, 1.165) is 45.6 Å². The zero-order valence-corrected chi connectivity index (χ0v) is 21.4. The normalized spacial score (nSPS) is 12.2. The van der Waals surface area contributed by atoms with Crippen molar-refractivity contribution in [3.8, 4) is 22.3 Å². The molecular weight excluding hydrogens is 482 g/mol. The third kappa shape index (κ3) is 5.20. The molecule has 0 spiro atoms. The van der Waals surface area contributed by atoms with Gasteiger partial charge < -0.3 is 10.2 Å². The number of benzene rings is 4. The lowest BCUT2D eigenvalue weighted by Crippen LogP contribution is -2.30. The first-order valence-corrected chi connectivity index (χ1v) is 13.1. The Hall–Kier alpha value is -5.03. The maximum absolute atomic E-state index is 13.4. The van der Waals surface area contributed by atoms with Gasteiger partial charge in [-0.05, 0) is 70.6 Å². The van der Waals surface area contributed by atoms with Crippen LogP contribution >= 0.6 is 0 Å². The van der Waals surface area contributed by atoms with Gasteiger partial charge in [-0.15, -0.1) is 0 Å². The summed E-state index contributed by atoms with van der Waals surface area (Å²) in [4.78, 5) is 32.4. The number of nitrogens with zero attached hydrogens (tertiary/aromatic N) is 2. The van der Waals surface area contributed by atoms with Gasteiger partial charge in [-0.2, -0.15) is 0 Å². The third-order valence-electron chi connectivity index (χ3n) is 7.07. The first-order valence-electron chi connectivity index (χ1n) is 13.1. The predicted molar refractivity (Wildman–Crippen MR) is 156 cm³/mol. The van der Waals surface area contributed by atoms with Crippen LogP contribution in [0.4, 0.5) is 11.4 Å². The summed E-state index contributed by atoms with van der Waals surface area (Å²) in [6, 6.07) is 37.5. The molecule has 0 aliphatic carbocycles. The number of carbonyl (C=O) groups excluding carboxylic acids is 2. The van der Waals surface area contributed by atoms with E-state index in [1.807, 2.05) is 83.8 Å². The van der Waals surface area contributed by atoms with Crippen molar-refractivity contribution in [1.29, 1.82) is 0 Å². The van der Waals surface area contributed by atoms with Crippen LogP contribution in [0.2, 0.25) is 0 Å². The molecule has 39 heavy (non-hydrogen) atoms. The minimum atomic E-state index is -0.168. The zero-order chi connectivity index (χ0) is 26.6. The van der Waals surface area contributed by atoms with Crippen LogP contribution in [0.5, 0.6) is 0 Å². The van der Waals surface area contributed by atoms with E-state index in [9.17, 15) is 9.59 Å². The molecule has 2 heterocycles. The van der Waals surface area contributed by atoms with E-state index < -0.39 is 0 Å². The van der Waals surface area contributed by atoms with Crippen molar-refractivity contribution in [3.63, 3.8) is 0 Å². The van der Waals surface area contributed by atoms with Crippen molar-refractivity contribution in [1.82, 2.24) is 4.98 Å². The quantitative estimate of drug-likeness (QED) is 0.274. The van der Waals surface area contributed by atoms with Crippen LogP contribution in [0, 0.1) is 0 Å². The molecule has 1 aromatic heterocycles. The Morgan fingerprint density at radius 3 is 2.26 bits per heavy atom. The first kappa shape index (κ1) is 24.3. The van der Waals surface area contributed by atoms with Crippen LogP contribution in [-0.2, 0) is 17.6 Å². The molecule has 1 N–H and O–H groups in total. The largest absolute Gasteiger partial charge is 0.322 e. The molecule has 0 bridgehead atoms. The molecular formula is C34H27N3O2. The number of pyridine rings is 1. The van der Waals surface area contributed by atoms with Crippen LogP contribution in [0.15, 0.2) is 121 Å². The molecule has 190 valence electrons. The number of nitrogens with one attached hydrogen (secondary N) is 1. The number of hydrogen-bond donors (Lipinski definition) is 1. The SMILES string of the molecule is O=C(Nc1ccc2c(c1)CCN2C(=O)Cc1ccccn1)c1ccccc1-c1ccc(-c2ccccc2)cc1. The lowest BCUT2D eigenvalue weighted by Gasteiger charge is -2.17. The summed E-state index contributed by atoms with van der Waals surface area (Å²) in [5.74, 6) is -0.143. The van der Waals surface area contributed by atoms with Crippen molar-refractivity contribution >= 4 is 23.2 Å². The van der Waals surface area contributed by atoms with Gasteiger partial charge in [0.15, 0.2) is 0 Å². The van der Waals surface area contributed by atoms with E-state index in [1.165, 1.54) is 0 Å². The molecule has 5 nitrogen and oxygen atoms in total. The van der Waals surface area contributed by atoms with Gasteiger partial charge in [0, 0.05) is 35.4 Å². The number of hydrogen-bond acceptors (Lipinski definition) is 3. The minimum absolute atomic E-state index is 0.0245. The number of fused-ring (bicyclic) bond motifs is 1. The molecule has 1 aliphatic heterocycles. The maximum Gasteiger partial charge on any atom is 0.256 e. The predicted octanol–water partition coefficient (Wildman–Crippen LogP) is 6.80. The highest BCUT2D eigenvalue weighted by molar-refractivity contribution is 6.09. The average molecular weight is 510 g/mol. The Kier molecular flexibility index (Phi) is 6.71. The van der Waals surface area contributed by atoms with Gasteiger partial charge in [0.25, 0.3) is 5.91 Å². The molecule has 0 saturated heterocycles. The number of carbonyl (C=O) groups is 2. The summed E-state index contributed by atoms with van der Waals surface area (Å²) in [6.07, 6.45) is 2.71. The second-order valence-electron chi connectivity index (χ2n) is 9.58. The Bertz CT molecular complexity index is 1630. The van der Waals surface area contributed by atoms with Crippen LogP contribution in [0.1, 0.15) is 21.6 Å². The zero-order valence-electron chi connectivity index (χ0n) is 21.4. The van der Waals surface area contributed by atoms with Crippen LogP contribution < -0.4 is 10.2 Å². The first-order chi connectivity index (χ1) is 19.2. The van der Waals surface area contributed by atoms with E-state index in [4.69, 9.17) is 0 Å². The van der Waals surface area contributed by atoms with Crippen LogP contribution in [0.3, 0.4) is 0 Å². The van der Waals surface area contributed by atoms with E-state index in [-0.39, 0.29) is 18.2 Å². The van der Waals surface area contributed by atoms with Gasteiger partial charge in [-0.1, -0.05) is 78.9 Å². The van der Waals surface area contributed by atoms with Crippen molar-refractivity contribution in [3.05, 3.63) is 138 Å². The highest BCUT2D eigenvalue weighted by Crippen LogP contribution is 2.32. The molecule has 5 aromatic rings. The Labute approximate surface area is 227 Å². The molecule has 6 rings (SSSR count). The fourth-order valence-corrected chi connectivity index (χ4v) is 5.10. The van der Waals surface area contributed by atoms with Crippen molar-refractivity contribution in [2.75, 3.05) is 16.8 Å². The standard InChI is InChI=1S/C34H27N3O2/c38-33(23-28-10-6-7-20-35-28)37-21-19-27-22-29(17-18-32(27)37)36-34(39)31-12-5-4-11-30(31)26-15-13-25(14-16-26)24-8-2-1-3-9-24/h1-18,20,22H,19,21,23H2,(H,36,39). The molecule has 4 aromatic carbocycles.